The van der Waals surface area contributed by atoms with Gasteiger partial charge in [-0.25, -0.2) is 0 Å². The molecular formula is C11H12N2O2S. The Kier molecular flexibility index (Phi) is 2.20. The van der Waals surface area contributed by atoms with Gasteiger partial charge >= 0.3 is 0 Å². The van der Waals surface area contributed by atoms with E-state index in [2.05, 4.69) is 10.6 Å². The topological polar surface area (TPSA) is 64.2 Å². The third-order valence-electron chi connectivity index (χ3n) is 3.28. The van der Waals surface area contributed by atoms with E-state index in [0.29, 0.717) is 18.8 Å². The second-order valence-electron chi connectivity index (χ2n) is 4.06. The molecule has 1 spiro atoms. The second kappa shape index (κ2) is 3.48. The molecule has 16 heavy (non-hydrogen) atoms. The molecule has 0 bridgehead atoms. The zero-order valence-corrected chi connectivity index (χ0v) is 9.47. The molecule has 2 heterocycles. The Bertz CT molecular complexity index is 451. The average molecular weight is 236 g/mol. The smallest absolute Gasteiger partial charge is 0.246 e. The Balaban J connectivity index is 2.18. The van der Waals surface area contributed by atoms with Gasteiger partial charge in [-0.15, -0.1) is 0 Å². The summed E-state index contributed by atoms with van der Waals surface area (Å²) in [5, 5.41) is 5.99. The maximum atomic E-state index is 11.9. The van der Waals surface area contributed by atoms with Gasteiger partial charge in [-0.2, -0.15) is 0 Å². The molecule has 1 amide bonds. The van der Waals surface area contributed by atoms with Crippen molar-refractivity contribution in [3.63, 3.8) is 0 Å². The molecule has 1 saturated heterocycles. The number of carbonyl (C=O) groups is 1. The van der Waals surface area contributed by atoms with Crippen LogP contribution in [0.1, 0.15) is 12.0 Å². The van der Waals surface area contributed by atoms with Crippen LogP contribution in [-0.2, 0) is 21.5 Å². The fourth-order valence-corrected chi connectivity index (χ4v) is 3.86. The SMILES string of the molecule is O=C1NCNC12CC[S+]([O-])c1ccccc12. The van der Waals surface area contributed by atoms with E-state index >= 15 is 0 Å². The van der Waals surface area contributed by atoms with Crippen molar-refractivity contribution in [3.8, 4) is 0 Å². The highest BCUT2D eigenvalue weighted by atomic mass is 32.2. The molecule has 1 aromatic carbocycles. The van der Waals surface area contributed by atoms with Crippen LogP contribution in [0, 0.1) is 0 Å². The van der Waals surface area contributed by atoms with Crippen LogP contribution in [0.25, 0.3) is 0 Å². The van der Waals surface area contributed by atoms with Crippen LogP contribution in [0.15, 0.2) is 29.2 Å². The fraction of sp³-hybridized carbons (Fsp3) is 0.364. The van der Waals surface area contributed by atoms with E-state index in [9.17, 15) is 9.35 Å². The van der Waals surface area contributed by atoms with Gasteiger partial charge in [0.05, 0.1) is 6.67 Å². The van der Waals surface area contributed by atoms with Crippen LogP contribution in [0.5, 0.6) is 0 Å². The summed E-state index contributed by atoms with van der Waals surface area (Å²) in [5.41, 5.74) is 0.222. The monoisotopic (exact) mass is 236 g/mol. The van der Waals surface area contributed by atoms with Gasteiger partial charge in [0.2, 0.25) is 5.91 Å². The molecule has 0 aromatic heterocycles. The summed E-state index contributed by atoms with van der Waals surface area (Å²) in [6, 6.07) is 7.49. The zero-order valence-electron chi connectivity index (χ0n) is 8.66. The van der Waals surface area contributed by atoms with Gasteiger partial charge in [-0.1, -0.05) is 18.2 Å². The highest BCUT2D eigenvalue weighted by Gasteiger charge is 2.50. The van der Waals surface area contributed by atoms with Crippen molar-refractivity contribution in [2.24, 2.45) is 0 Å². The predicted molar refractivity (Wildman–Crippen MR) is 60.2 cm³/mol. The maximum Gasteiger partial charge on any atom is 0.246 e. The van der Waals surface area contributed by atoms with Gasteiger partial charge < -0.3 is 9.87 Å². The van der Waals surface area contributed by atoms with E-state index in [-0.39, 0.29) is 5.91 Å². The number of nitrogens with one attached hydrogen (secondary N) is 2. The number of rotatable bonds is 0. The Morgan fingerprint density at radius 2 is 2.19 bits per heavy atom. The van der Waals surface area contributed by atoms with Crippen LogP contribution in [0.4, 0.5) is 0 Å². The lowest BCUT2D eigenvalue weighted by Crippen LogP contribution is -2.48. The molecule has 84 valence electrons. The van der Waals surface area contributed by atoms with Crippen molar-refractivity contribution < 1.29 is 9.35 Å². The van der Waals surface area contributed by atoms with Gasteiger partial charge in [0.1, 0.15) is 11.3 Å². The number of benzene rings is 1. The Labute approximate surface area is 96.6 Å². The van der Waals surface area contributed by atoms with E-state index < -0.39 is 16.7 Å². The highest BCUT2D eigenvalue weighted by molar-refractivity contribution is 7.91. The first-order valence-electron chi connectivity index (χ1n) is 5.25. The van der Waals surface area contributed by atoms with Crippen molar-refractivity contribution in [2.45, 2.75) is 16.9 Å². The van der Waals surface area contributed by atoms with Crippen molar-refractivity contribution in [1.29, 1.82) is 0 Å². The lowest BCUT2D eigenvalue weighted by Gasteiger charge is -2.33. The molecule has 2 unspecified atom stereocenters. The number of amides is 1. The van der Waals surface area contributed by atoms with Crippen molar-refractivity contribution >= 4 is 17.1 Å². The van der Waals surface area contributed by atoms with Crippen LogP contribution < -0.4 is 10.6 Å². The molecule has 4 nitrogen and oxygen atoms in total. The van der Waals surface area contributed by atoms with Crippen LogP contribution in [-0.4, -0.2) is 22.9 Å². The molecule has 2 aliphatic heterocycles. The molecule has 0 radical (unpaired) electrons. The van der Waals surface area contributed by atoms with Gasteiger partial charge in [-0.3, -0.25) is 10.1 Å². The van der Waals surface area contributed by atoms with Gasteiger partial charge in [-0.05, 0) is 17.2 Å². The first-order valence-corrected chi connectivity index (χ1v) is 6.57. The van der Waals surface area contributed by atoms with E-state index in [1.807, 2.05) is 24.3 Å². The number of fused-ring (bicyclic) bond motifs is 2. The van der Waals surface area contributed by atoms with Crippen LogP contribution >= 0.6 is 0 Å². The minimum Gasteiger partial charge on any atom is -0.611 e. The van der Waals surface area contributed by atoms with Crippen molar-refractivity contribution in [1.82, 2.24) is 10.6 Å². The summed E-state index contributed by atoms with van der Waals surface area (Å²) >= 11 is -0.972. The van der Waals surface area contributed by atoms with Crippen LogP contribution in [0.3, 0.4) is 0 Å². The summed E-state index contributed by atoms with van der Waals surface area (Å²) < 4.78 is 11.9. The van der Waals surface area contributed by atoms with Gasteiger partial charge in [0, 0.05) is 12.0 Å². The lowest BCUT2D eigenvalue weighted by atomic mass is 9.87. The highest BCUT2D eigenvalue weighted by Crippen LogP contribution is 2.38. The second-order valence-corrected chi connectivity index (χ2v) is 5.60. The normalized spacial score (nSPS) is 32.6. The van der Waals surface area contributed by atoms with E-state index in [1.54, 1.807) is 0 Å². The average Bonchev–Trinajstić information content (AvgIpc) is 2.67. The quantitative estimate of drug-likeness (QED) is 0.627. The first-order chi connectivity index (χ1) is 7.74. The van der Waals surface area contributed by atoms with Gasteiger partial charge in [0.15, 0.2) is 4.90 Å². The molecule has 3 rings (SSSR count). The molecule has 2 atom stereocenters. The summed E-state index contributed by atoms with van der Waals surface area (Å²) in [7, 11) is 0. The lowest BCUT2D eigenvalue weighted by molar-refractivity contribution is -0.124. The third-order valence-corrected chi connectivity index (χ3v) is 4.70. The van der Waals surface area contributed by atoms with E-state index in [1.165, 1.54) is 0 Å². The molecule has 0 saturated carbocycles. The molecule has 0 aliphatic carbocycles. The number of hydrogen-bond donors (Lipinski definition) is 2. The summed E-state index contributed by atoms with van der Waals surface area (Å²) in [4.78, 5) is 12.7. The van der Waals surface area contributed by atoms with E-state index in [0.717, 1.165) is 10.5 Å². The Morgan fingerprint density at radius 1 is 1.38 bits per heavy atom. The largest absolute Gasteiger partial charge is 0.611 e. The standard InChI is InChI=1S/C11H12N2O2S/c14-10-11(13-7-12-10)5-6-16(15)9-4-2-1-3-8(9)11/h1-4,13H,5-7H2,(H,12,14). The summed E-state index contributed by atoms with van der Waals surface area (Å²) in [6.07, 6.45) is 0.600. The minimum absolute atomic E-state index is 0.00310. The van der Waals surface area contributed by atoms with E-state index in [4.69, 9.17) is 0 Å². The van der Waals surface area contributed by atoms with Gasteiger partial charge in [0.25, 0.3) is 0 Å². The molecule has 1 aromatic rings. The fourth-order valence-electron chi connectivity index (χ4n) is 2.43. The van der Waals surface area contributed by atoms with Crippen molar-refractivity contribution in [2.75, 3.05) is 12.4 Å². The molecule has 2 aliphatic rings. The zero-order chi connectivity index (χ0) is 11.2. The molecule has 1 fully saturated rings. The molecule has 2 N–H and O–H groups in total. The minimum atomic E-state index is -0.972. The summed E-state index contributed by atoms with van der Waals surface area (Å²) in [6.45, 7) is 0.486. The van der Waals surface area contributed by atoms with Crippen molar-refractivity contribution in [3.05, 3.63) is 29.8 Å². The predicted octanol–water partition coefficient (Wildman–Crippen LogP) is 0.0701. The molecular weight excluding hydrogens is 224 g/mol. The van der Waals surface area contributed by atoms with Crippen LogP contribution in [0.2, 0.25) is 0 Å². The first kappa shape index (κ1) is 10.1. The maximum absolute atomic E-state index is 11.9. The molecule has 5 heteroatoms. The third kappa shape index (κ3) is 1.22. The Hall–Kier alpha value is -1.04. The Morgan fingerprint density at radius 3 is 2.94 bits per heavy atom. The number of hydrogen-bond acceptors (Lipinski definition) is 3. The number of carbonyl (C=O) groups excluding carboxylic acids is 1. The summed E-state index contributed by atoms with van der Waals surface area (Å²) in [5.74, 6) is 0.536.